The molecule has 8 heteroatoms. The Balaban J connectivity index is 1.96. The van der Waals surface area contributed by atoms with E-state index in [9.17, 15) is 13.2 Å². The molecule has 134 valence electrons. The molecule has 0 aliphatic heterocycles. The highest BCUT2D eigenvalue weighted by Gasteiger charge is 2.28. The van der Waals surface area contributed by atoms with Gasteiger partial charge in [-0.2, -0.15) is 0 Å². The Kier molecular flexibility index (Phi) is 6.73. The smallest absolute Gasteiger partial charge is 0.251 e. The van der Waals surface area contributed by atoms with Crippen LogP contribution in [-0.4, -0.2) is 53.7 Å². The second-order valence-electron chi connectivity index (χ2n) is 5.87. The number of hydrogen-bond donors (Lipinski definition) is 3. The Bertz CT molecular complexity index is 672. The molecular formula is C16H25N3O4S. The maximum Gasteiger partial charge on any atom is 0.251 e. The molecule has 0 bridgehead atoms. The molecule has 0 unspecified atom stereocenters. The second-order valence-corrected chi connectivity index (χ2v) is 7.58. The minimum absolute atomic E-state index is 0.0340. The summed E-state index contributed by atoms with van der Waals surface area (Å²) in [4.78, 5) is 12.4. The summed E-state index contributed by atoms with van der Waals surface area (Å²) >= 11 is 0. The van der Waals surface area contributed by atoms with Gasteiger partial charge in [-0.15, -0.1) is 0 Å². The van der Waals surface area contributed by atoms with E-state index in [0.717, 1.165) is 18.4 Å². The zero-order valence-electron chi connectivity index (χ0n) is 14.1. The molecule has 0 spiro atoms. The van der Waals surface area contributed by atoms with Crippen molar-refractivity contribution in [1.29, 1.82) is 0 Å². The van der Waals surface area contributed by atoms with Gasteiger partial charge in [-0.3, -0.25) is 4.79 Å². The van der Waals surface area contributed by atoms with Crippen LogP contribution in [-0.2, 0) is 14.8 Å². The van der Waals surface area contributed by atoms with E-state index >= 15 is 0 Å². The molecule has 0 saturated heterocycles. The predicted molar refractivity (Wildman–Crippen MR) is 91.6 cm³/mol. The molecule has 3 N–H and O–H groups in total. The van der Waals surface area contributed by atoms with Crippen LogP contribution in [0.15, 0.2) is 23.1 Å². The van der Waals surface area contributed by atoms with Crippen molar-refractivity contribution >= 4 is 15.9 Å². The Morgan fingerprint density at radius 2 is 2.00 bits per heavy atom. The molecule has 0 atom stereocenters. The fourth-order valence-corrected chi connectivity index (χ4v) is 3.49. The lowest BCUT2D eigenvalue weighted by Crippen LogP contribution is -2.33. The predicted octanol–water partition coefficient (Wildman–Crippen LogP) is 0.402. The number of hydrogen-bond acceptors (Lipinski definition) is 5. The van der Waals surface area contributed by atoms with Gasteiger partial charge < -0.3 is 15.4 Å². The number of sulfonamides is 1. The first kappa shape index (κ1) is 18.9. The van der Waals surface area contributed by atoms with E-state index in [1.54, 1.807) is 20.1 Å². The van der Waals surface area contributed by atoms with Crippen LogP contribution in [0.25, 0.3) is 0 Å². The van der Waals surface area contributed by atoms with Crippen molar-refractivity contribution < 1.29 is 17.9 Å². The molecule has 1 aliphatic rings. The molecule has 7 nitrogen and oxygen atoms in total. The van der Waals surface area contributed by atoms with Gasteiger partial charge in [-0.1, -0.05) is 6.07 Å². The van der Waals surface area contributed by atoms with Gasteiger partial charge in [0.2, 0.25) is 10.0 Å². The van der Waals surface area contributed by atoms with Crippen LogP contribution in [0, 0.1) is 6.92 Å². The summed E-state index contributed by atoms with van der Waals surface area (Å²) in [6, 6.07) is 4.66. The summed E-state index contributed by atoms with van der Waals surface area (Å²) in [6.07, 6.45) is 1.74. The maximum absolute atomic E-state index is 12.3. The van der Waals surface area contributed by atoms with Crippen LogP contribution in [0.4, 0.5) is 0 Å². The zero-order valence-corrected chi connectivity index (χ0v) is 14.9. The van der Waals surface area contributed by atoms with Gasteiger partial charge in [-0.25, -0.2) is 13.1 Å². The largest absolute Gasteiger partial charge is 0.383 e. The molecule has 1 aliphatic carbocycles. The number of aryl methyl sites for hydroxylation is 1. The van der Waals surface area contributed by atoms with Crippen LogP contribution >= 0.6 is 0 Å². The second kappa shape index (κ2) is 8.57. The fraction of sp³-hybridized carbons (Fsp3) is 0.562. The Morgan fingerprint density at radius 3 is 2.67 bits per heavy atom. The van der Waals surface area contributed by atoms with E-state index in [4.69, 9.17) is 4.74 Å². The molecule has 24 heavy (non-hydrogen) atoms. The number of amides is 1. The highest BCUT2D eigenvalue weighted by molar-refractivity contribution is 7.89. The number of carbonyl (C=O) groups is 1. The topological polar surface area (TPSA) is 96.5 Å². The zero-order chi connectivity index (χ0) is 17.6. The average molecular weight is 355 g/mol. The monoisotopic (exact) mass is 355 g/mol. The summed E-state index contributed by atoms with van der Waals surface area (Å²) in [5.74, 6) is -0.274. The number of carbonyl (C=O) groups excluding carboxylic acids is 1. The van der Waals surface area contributed by atoms with Crippen molar-refractivity contribution in [1.82, 2.24) is 15.4 Å². The molecular weight excluding hydrogens is 330 g/mol. The Labute approximate surface area is 143 Å². The first-order valence-electron chi connectivity index (χ1n) is 8.05. The van der Waals surface area contributed by atoms with Crippen LogP contribution in [0.1, 0.15) is 28.8 Å². The van der Waals surface area contributed by atoms with Gasteiger partial charge in [-0.05, 0) is 37.5 Å². The lowest BCUT2D eigenvalue weighted by Gasteiger charge is -2.11. The van der Waals surface area contributed by atoms with Crippen LogP contribution < -0.4 is 15.4 Å². The minimum atomic E-state index is -3.56. The van der Waals surface area contributed by atoms with Crippen LogP contribution in [0.3, 0.4) is 0 Å². The third-order valence-corrected chi connectivity index (χ3v) is 5.25. The lowest BCUT2D eigenvalue weighted by molar-refractivity contribution is 0.0953. The van der Waals surface area contributed by atoms with Crippen LogP contribution in [0.2, 0.25) is 0 Å². The molecule has 1 fully saturated rings. The van der Waals surface area contributed by atoms with E-state index in [-0.39, 0.29) is 16.8 Å². The molecule has 1 amide bonds. The van der Waals surface area contributed by atoms with Gasteiger partial charge in [0.1, 0.15) is 0 Å². The van der Waals surface area contributed by atoms with Crippen molar-refractivity contribution in [3.8, 4) is 0 Å². The van der Waals surface area contributed by atoms with Gasteiger partial charge in [0, 0.05) is 38.3 Å². The molecule has 0 radical (unpaired) electrons. The lowest BCUT2D eigenvalue weighted by atomic mass is 10.1. The van der Waals surface area contributed by atoms with Crippen molar-refractivity contribution in [2.45, 2.75) is 30.7 Å². The van der Waals surface area contributed by atoms with Gasteiger partial charge in [0.05, 0.1) is 11.5 Å². The number of methoxy groups -OCH3 is 1. The summed E-state index contributed by atoms with van der Waals surface area (Å²) in [5.41, 5.74) is 1.12. The number of benzene rings is 1. The number of ether oxygens (including phenoxy) is 1. The van der Waals surface area contributed by atoms with E-state index in [2.05, 4.69) is 15.4 Å². The van der Waals surface area contributed by atoms with Gasteiger partial charge >= 0.3 is 0 Å². The first-order chi connectivity index (χ1) is 11.4. The van der Waals surface area contributed by atoms with E-state index in [1.165, 1.54) is 12.1 Å². The van der Waals surface area contributed by atoms with Crippen molar-refractivity contribution in [3.63, 3.8) is 0 Å². The third-order valence-electron chi connectivity index (χ3n) is 3.73. The summed E-state index contributed by atoms with van der Waals surface area (Å²) in [6.45, 7) is 4.19. The highest BCUT2D eigenvalue weighted by Crippen LogP contribution is 2.23. The van der Waals surface area contributed by atoms with Gasteiger partial charge in [0.15, 0.2) is 0 Å². The average Bonchev–Trinajstić information content (AvgIpc) is 3.34. The molecule has 1 aromatic carbocycles. The van der Waals surface area contributed by atoms with Crippen molar-refractivity contribution in [2.24, 2.45) is 0 Å². The Morgan fingerprint density at radius 1 is 1.25 bits per heavy atom. The van der Waals surface area contributed by atoms with Crippen molar-refractivity contribution in [3.05, 3.63) is 29.3 Å². The summed E-state index contributed by atoms with van der Waals surface area (Å²) in [5, 5.41) is 5.92. The quantitative estimate of drug-likeness (QED) is 0.528. The van der Waals surface area contributed by atoms with Crippen LogP contribution in [0.5, 0.6) is 0 Å². The normalized spacial score (nSPS) is 14.6. The fourth-order valence-electron chi connectivity index (χ4n) is 2.16. The van der Waals surface area contributed by atoms with E-state index in [1.807, 2.05) is 0 Å². The van der Waals surface area contributed by atoms with Crippen molar-refractivity contribution in [2.75, 3.05) is 33.4 Å². The number of nitrogens with one attached hydrogen (secondary N) is 3. The molecule has 0 aromatic heterocycles. The SMILES string of the molecule is COCCNCCNC(=O)c1cc(S(=O)(=O)NC2CC2)ccc1C. The van der Waals surface area contributed by atoms with E-state index in [0.29, 0.717) is 31.8 Å². The highest BCUT2D eigenvalue weighted by atomic mass is 32.2. The Hall–Kier alpha value is -1.48. The summed E-state index contributed by atoms with van der Waals surface area (Å²) in [7, 11) is -1.93. The maximum atomic E-state index is 12.3. The molecule has 2 rings (SSSR count). The minimum Gasteiger partial charge on any atom is -0.383 e. The molecule has 0 heterocycles. The number of rotatable bonds is 10. The molecule has 1 saturated carbocycles. The van der Waals surface area contributed by atoms with Gasteiger partial charge in [0.25, 0.3) is 5.91 Å². The van der Waals surface area contributed by atoms with E-state index < -0.39 is 10.0 Å². The standard InChI is InChI=1S/C16H25N3O4S/c1-12-3-6-14(24(21,22)19-13-4-5-13)11-15(12)16(20)18-8-7-17-9-10-23-2/h3,6,11,13,17,19H,4-5,7-10H2,1-2H3,(H,18,20). The molecule has 1 aromatic rings. The third kappa shape index (κ3) is 5.55. The summed E-state index contributed by atoms with van der Waals surface area (Å²) < 4.78 is 32.1. The first-order valence-corrected chi connectivity index (χ1v) is 9.53.